The van der Waals surface area contributed by atoms with Crippen LogP contribution < -0.4 is 4.74 Å². The Morgan fingerprint density at radius 1 is 1.04 bits per heavy atom. The number of hydrogen-bond acceptors (Lipinski definition) is 3. The fraction of sp³-hybridized carbons (Fsp3) is 0.316. The first-order chi connectivity index (χ1) is 11.7. The van der Waals surface area contributed by atoms with Gasteiger partial charge in [-0.2, -0.15) is 0 Å². The molecule has 5 heteroatoms. The number of carbonyl (C=O) groups excluding carboxylic acids is 1. The minimum Gasteiger partial charge on any atom is -0.497 e. The van der Waals surface area contributed by atoms with Crippen LogP contribution in [0.25, 0.3) is 0 Å². The Bertz CT molecular complexity index is 695. The lowest BCUT2D eigenvalue weighted by Crippen LogP contribution is -2.48. The summed E-state index contributed by atoms with van der Waals surface area (Å²) in [6.45, 7) is 3.38. The number of methoxy groups -OCH3 is 1. The molecule has 1 aliphatic heterocycles. The number of piperazine rings is 1. The monoisotopic (exact) mass is 328 g/mol. The van der Waals surface area contributed by atoms with Crippen LogP contribution in [-0.4, -0.2) is 49.0 Å². The molecule has 1 heterocycles. The van der Waals surface area contributed by atoms with Crippen molar-refractivity contribution in [1.82, 2.24) is 9.80 Å². The van der Waals surface area contributed by atoms with E-state index in [1.807, 2.05) is 17.0 Å². The van der Waals surface area contributed by atoms with E-state index in [-0.39, 0.29) is 11.7 Å². The molecule has 0 unspecified atom stereocenters. The Hall–Kier alpha value is -2.40. The molecule has 4 nitrogen and oxygen atoms in total. The summed E-state index contributed by atoms with van der Waals surface area (Å²) in [4.78, 5) is 16.5. The quantitative estimate of drug-likeness (QED) is 0.865. The molecule has 0 radical (unpaired) electrons. The Kier molecular flexibility index (Phi) is 5.11. The molecule has 1 aliphatic rings. The van der Waals surface area contributed by atoms with E-state index in [0.29, 0.717) is 30.8 Å². The summed E-state index contributed by atoms with van der Waals surface area (Å²) >= 11 is 0. The van der Waals surface area contributed by atoms with Gasteiger partial charge in [0.1, 0.15) is 11.6 Å². The second-order valence-corrected chi connectivity index (χ2v) is 5.89. The molecule has 1 saturated heterocycles. The van der Waals surface area contributed by atoms with Gasteiger partial charge in [-0.3, -0.25) is 9.69 Å². The molecule has 1 amide bonds. The van der Waals surface area contributed by atoms with Crippen molar-refractivity contribution in [2.45, 2.75) is 6.54 Å². The standard InChI is InChI=1S/C19H21FN2O2/c1-24-17-8-6-15(7-9-17)19(23)22-12-10-21(11-13-22)14-16-4-2-3-5-18(16)20/h2-9H,10-14H2,1H3. The maximum absolute atomic E-state index is 13.7. The topological polar surface area (TPSA) is 32.8 Å². The molecular formula is C19H21FN2O2. The number of ether oxygens (including phenoxy) is 1. The van der Waals surface area contributed by atoms with Gasteiger partial charge in [0.25, 0.3) is 5.91 Å². The molecule has 24 heavy (non-hydrogen) atoms. The van der Waals surface area contributed by atoms with Gasteiger partial charge in [0, 0.05) is 43.9 Å². The molecule has 0 aliphatic carbocycles. The van der Waals surface area contributed by atoms with Gasteiger partial charge in [0.2, 0.25) is 0 Å². The number of benzene rings is 2. The lowest BCUT2D eigenvalue weighted by molar-refractivity contribution is 0.0627. The molecule has 0 bridgehead atoms. The van der Waals surface area contributed by atoms with Crippen molar-refractivity contribution in [3.63, 3.8) is 0 Å². The highest BCUT2D eigenvalue weighted by atomic mass is 19.1. The van der Waals surface area contributed by atoms with Gasteiger partial charge in [-0.05, 0) is 30.3 Å². The van der Waals surface area contributed by atoms with Crippen LogP contribution in [0.3, 0.4) is 0 Å². The van der Waals surface area contributed by atoms with Crippen LogP contribution in [0.1, 0.15) is 15.9 Å². The van der Waals surface area contributed by atoms with Crippen LogP contribution in [0.15, 0.2) is 48.5 Å². The van der Waals surface area contributed by atoms with Gasteiger partial charge < -0.3 is 9.64 Å². The molecule has 126 valence electrons. The number of carbonyl (C=O) groups is 1. The highest BCUT2D eigenvalue weighted by molar-refractivity contribution is 5.94. The first-order valence-corrected chi connectivity index (χ1v) is 8.06. The van der Waals surface area contributed by atoms with Crippen molar-refractivity contribution in [2.24, 2.45) is 0 Å². The third-order valence-electron chi connectivity index (χ3n) is 4.35. The SMILES string of the molecule is COc1ccc(C(=O)N2CCN(Cc3ccccc3F)CC2)cc1. The second-order valence-electron chi connectivity index (χ2n) is 5.89. The van der Waals surface area contributed by atoms with Crippen molar-refractivity contribution >= 4 is 5.91 Å². The van der Waals surface area contributed by atoms with Crippen LogP contribution in [0.2, 0.25) is 0 Å². The Balaban J connectivity index is 1.56. The van der Waals surface area contributed by atoms with E-state index < -0.39 is 0 Å². The first-order valence-electron chi connectivity index (χ1n) is 8.06. The molecule has 3 rings (SSSR count). The largest absolute Gasteiger partial charge is 0.497 e. The normalized spacial score (nSPS) is 15.3. The third kappa shape index (κ3) is 3.74. The van der Waals surface area contributed by atoms with Crippen molar-refractivity contribution in [2.75, 3.05) is 33.3 Å². The Morgan fingerprint density at radius 2 is 1.71 bits per heavy atom. The van der Waals surface area contributed by atoms with Gasteiger partial charge in [0.05, 0.1) is 7.11 Å². The van der Waals surface area contributed by atoms with E-state index in [4.69, 9.17) is 4.74 Å². The summed E-state index contributed by atoms with van der Waals surface area (Å²) < 4.78 is 18.8. The highest BCUT2D eigenvalue weighted by Gasteiger charge is 2.22. The lowest BCUT2D eigenvalue weighted by atomic mass is 10.1. The van der Waals surface area contributed by atoms with E-state index in [1.54, 1.807) is 37.4 Å². The molecule has 0 spiro atoms. The zero-order valence-corrected chi connectivity index (χ0v) is 13.7. The maximum atomic E-state index is 13.7. The maximum Gasteiger partial charge on any atom is 0.253 e. The van der Waals surface area contributed by atoms with Gasteiger partial charge in [0.15, 0.2) is 0 Å². The minimum absolute atomic E-state index is 0.0307. The number of nitrogens with zero attached hydrogens (tertiary/aromatic N) is 2. The van der Waals surface area contributed by atoms with Crippen molar-refractivity contribution < 1.29 is 13.9 Å². The average Bonchev–Trinajstić information content (AvgIpc) is 2.64. The van der Waals surface area contributed by atoms with Crippen molar-refractivity contribution in [3.05, 3.63) is 65.5 Å². The van der Waals surface area contributed by atoms with Gasteiger partial charge in [-0.15, -0.1) is 0 Å². The molecule has 0 atom stereocenters. The molecule has 0 N–H and O–H groups in total. The fourth-order valence-corrected chi connectivity index (χ4v) is 2.89. The van der Waals surface area contributed by atoms with Crippen LogP contribution in [-0.2, 0) is 6.54 Å². The Morgan fingerprint density at radius 3 is 2.33 bits per heavy atom. The predicted octanol–water partition coefficient (Wildman–Crippen LogP) is 2.79. The van der Waals surface area contributed by atoms with Crippen molar-refractivity contribution in [1.29, 1.82) is 0 Å². The number of halogens is 1. The summed E-state index contributed by atoms with van der Waals surface area (Å²) in [6, 6.07) is 14.0. The van der Waals surface area contributed by atoms with E-state index in [1.165, 1.54) is 6.07 Å². The van der Waals surface area contributed by atoms with E-state index >= 15 is 0 Å². The lowest BCUT2D eigenvalue weighted by Gasteiger charge is -2.34. The van der Waals surface area contributed by atoms with E-state index in [2.05, 4.69) is 4.90 Å². The van der Waals surface area contributed by atoms with Gasteiger partial charge in [-0.25, -0.2) is 4.39 Å². The summed E-state index contributed by atoms with van der Waals surface area (Å²) in [5.74, 6) is 0.596. The average molecular weight is 328 g/mol. The third-order valence-corrected chi connectivity index (χ3v) is 4.35. The predicted molar refractivity (Wildman–Crippen MR) is 90.6 cm³/mol. The van der Waals surface area contributed by atoms with Crippen LogP contribution in [0.4, 0.5) is 4.39 Å². The molecule has 2 aromatic rings. The first kappa shape index (κ1) is 16.5. The summed E-state index contributed by atoms with van der Waals surface area (Å²) in [7, 11) is 1.60. The van der Waals surface area contributed by atoms with Gasteiger partial charge >= 0.3 is 0 Å². The number of amides is 1. The van der Waals surface area contributed by atoms with Crippen LogP contribution in [0, 0.1) is 5.82 Å². The highest BCUT2D eigenvalue weighted by Crippen LogP contribution is 2.16. The molecule has 0 aromatic heterocycles. The summed E-state index contributed by atoms with van der Waals surface area (Å²) in [6.07, 6.45) is 0. The van der Waals surface area contributed by atoms with E-state index in [9.17, 15) is 9.18 Å². The van der Waals surface area contributed by atoms with E-state index in [0.717, 1.165) is 18.8 Å². The fourth-order valence-electron chi connectivity index (χ4n) is 2.89. The summed E-state index contributed by atoms with van der Waals surface area (Å²) in [5, 5.41) is 0. The number of rotatable bonds is 4. The smallest absolute Gasteiger partial charge is 0.253 e. The molecule has 2 aromatic carbocycles. The second kappa shape index (κ2) is 7.45. The number of hydrogen-bond donors (Lipinski definition) is 0. The van der Waals surface area contributed by atoms with Crippen LogP contribution in [0.5, 0.6) is 5.75 Å². The van der Waals surface area contributed by atoms with Crippen molar-refractivity contribution in [3.8, 4) is 5.75 Å². The Labute approximate surface area is 141 Å². The summed E-state index contributed by atoms with van der Waals surface area (Å²) in [5.41, 5.74) is 1.37. The van der Waals surface area contributed by atoms with Gasteiger partial charge in [-0.1, -0.05) is 18.2 Å². The zero-order chi connectivity index (χ0) is 16.9. The molecular weight excluding hydrogens is 307 g/mol. The molecule has 0 saturated carbocycles. The zero-order valence-electron chi connectivity index (χ0n) is 13.7. The van der Waals surface area contributed by atoms with Crippen LogP contribution >= 0.6 is 0 Å². The minimum atomic E-state index is -0.172. The molecule has 1 fully saturated rings.